The number of alkyl halides is 1. The molecule has 7 nitrogen and oxygen atoms in total. The maximum absolute atomic E-state index is 14.2. The Kier molecular flexibility index (Phi) is 5.53. The van der Waals surface area contributed by atoms with E-state index in [2.05, 4.69) is 10.3 Å². The Balaban J connectivity index is 1.55. The fourth-order valence-electron chi connectivity index (χ4n) is 3.15. The van der Waals surface area contributed by atoms with E-state index in [4.69, 9.17) is 9.84 Å². The van der Waals surface area contributed by atoms with Crippen LogP contribution >= 0.6 is 0 Å². The maximum atomic E-state index is 14.2. The number of amides is 2. The van der Waals surface area contributed by atoms with Gasteiger partial charge in [0.1, 0.15) is 12.8 Å². The van der Waals surface area contributed by atoms with E-state index in [1.54, 1.807) is 20.0 Å². The molecule has 0 spiro atoms. The van der Waals surface area contributed by atoms with Crippen molar-refractivity contribution in [3.8, 4) is 5.88 Å². The normalized spacial score (nSPS) is 23.0. The van der Waals surface area contributed by atoms with Crippen LogP contribution in [-0.2, 0) is 4.79 Å². The molecule has 148 valence electrons. The largest absolute Gasteiger partial charge is 0.476 e. The molecule has 3 rings (SSSR count). The van der Waals surface area contributed by atoms with Crippen molar-refractivity contribution in [1.29, 1.82) is 0 Å². The summed E-state index contributed by atoms with van der Waals surface area (Å²) in [6.07, 6.45) is 1.60. The van der Waals surface area contributed by atoms with Gasteiger partial charge >= 0.3 is 6.09 Å². The minimum Gasteiger partial charge on any atom is -0.476 e. The molecular weight excluding hydrogens is 353 g/mol. The van der Waals surface area contributed by atoms with Gasteiger partial charge in [0, 0.05) is 18.3 Å². The third-order valence-electron chi connectivity index (χ3n) is 5.13. The van der Waals surface area contributed by atoms with Gasteiger partial charge in [-0.1, -0.05) is 6.07 Å². The van der Waals surface area contributed by atoms with Gasteiger partial charge in [-0.3, -0.25) is 4.79 Å². The van der Waals surface area contributed by atoms with Crippen molar-refractivity contribution in [3.63, 3.8) is 0 Å². The summed E-state index contributed by atoms with van der Waals surface area (Å²) in [7, 11) is 0. The summed E-state index contributed by atoms with van der Waals surface area (Å²) >= 11 is 0. The lowest BCUT2D eigenvalue weighted by Gasteiger charge is -2.35. The highest BCUT2D eigenvalue weighted by atomic mass is 19.1. The molecule has 2 fully saturated rings. The predicted octanol–water partition coefficient (Wildman–Crippen LogP) is 2.57. The van der Waals surface area contributed by atoms with Gasteiger partial charge in [-0.15, -0.1) is 0 Å². The number of likely N-dealkylation sites (tertiary alicyclic amines) is 1. The van der Waals surface area contributed by atoms with Crippen LogP contribution in [0.15, 0.2) is 18.3 Å². The average molecular weight is 379 g/mol. The second-order valence-electron chi connectivity index (χ2n) is 7.96. The van der Waals surface area contributed by atoms with Gasteiger partial charge in [0.05, 0.1) is 18.0 Å². The summed E-state index contributed by atoms with van der Waals surface area (Å²) in [5.41, 5.74) is 0.195. The van der Waals surface area contributed by atoms with Crippen LogP contribution in [0.1, 0.15) is 44.6 Å². The highest BCUT2D eigenvalue weighted by molar-refractivity contribution is 5.82. The molecular formula is C19H26FN3O4. The van der Waals surface area contributed by atoms with Crippen LogP contribution in [0.3, 0.4) is 0 Å². The number of pyridine rings is 1. The molecule has 0 bridgehead atoms. The van der Waals surface area contributed by atoms with Crippen molar-refractivity contribution in [2.75, 3.05) is 19.7 Å². The Morgan fingerprint density at radius 2 is 2.15 bits per heavy atom. The van der Waals surface area contributed by atoms with E-state index in [-0.39, 0.29) is 32.0 Å². The fraction of sp³-hybridized carbons (Fsp3) is 0.632. The molecule has 1 aliphatic heterocycles. The second kappa shape index (κ2) is 7.70. The van der Waals surface area contributed by atoms with Crippen LogP contribution < -0.4 is 10.1 Å². The van der Waals surface area contributed by atoms with Crippen molar-refractivity contribution in [2.24, 2.45) is 5.41 Å². The van der Waals surface area contributed by atoms with Gasteiger partial charge in [0.25, 0.3) is 0 Å². The number of carboxylic acid groups (broad SMARTS) is 1. The molecule has 0 radical (unpaired) electrons. The summed E-state index contributed by atoms with van der Waals surface area (Å²) < 4.78 is 20.1. The number of hydrogen-bond donors (Lipinski definition) is 2. The number of aromatic nitrogens is 1. The Morgan fingerprint density at radius 1 is 1.41 bits per heavy atom. The van der Waals surface area contributed by atoms with E-state index in [1.165, 1.54) is 0 Å². The molecule has 1 saturated heterocycles. The van der Waals surface area contributed by atoms with Crippen LogP contribution in [0.25, 0.3) is 0 Å². The molecule has 1 aromatic heterocycles. The first-order valence-corrected chi connectivity index (χ1v) is 9.28. The minimum atomic E-state index is -1.42. The second-order valence-corrected chi connectivity index (χ2v) is 7.96. The Labute approximate surface area is 157 Å². The molecule has 1 aromatic rings. The summed E-state index contributed by atoms with van der Waals surface area (Å²) in [5, 5.41) is 11.7. The highest BCUT2D eigenvalue weighted by Crippen LogP contribution is 2.43. The number of piperidine rings is 1. The maximum Gasteiger partial charge on any atom is 0.407 e. The van der Waals surface area contributed by atoms with Crippen molar-refractivity contribution < 1.29 is 23.8 Å². The van der Waals surface area contributed by atoms with Crippen molar-refractivity contribution >= 4 is 12.0 Å². The van der Waals surface area contributed by atoms with E-state index < -0.39 is 23.7 Å². The lowest BCUT2D eigenvalue weighted by Crippen LogP contribution is -2.56. The molecule has 2 amide bonds. The first-order valence-electron chi connectivity index (χ1n) is 9.28. The smallest absolute Gasteiger partial charge is 0.407 e. The van der Waals surface area contributed by atoms with Crippen molar-refractivity contribution in [2.45, 2.75) is 51.2 Å². The van der Waals surface area contributed by atoms with Crippen LogP contribution in [-0.4, -0.2) is 58.9 Å². The van der Waals surface area contributed by atoms with Gasteiger partial charge < -0.3 is 20.1 Å². The number of ether oxygens (including phenoxy) is 1. The van der Waals surface area contributed by atoms with Gasteiger partial charge in [-0.05, 0) is 45.1 Å². The van der Waals surface area contributed by atoms with Crippen LogP contribution in [0, 0.1) is 5.41 Å². The van der Waals surface area contributed by atoms with E-state index in [0.29, 0.717) is 11.8 Å². The Morgan fingerprint density at radius 3 is 2.78 bits per heavy atom. The van der Waals surface area contributed by atoms with Gasteiger partial charge in [-0.2, -0.15) is 0 Å². The standard InChI is InChI=1S/C19H26FN3O4/c1-19(2,11-27-16-13(12-5-6-12)4-3-8-21-16)17(24)22-15-7-9-23(18(25)26)10-14(15)20/h3-4,8,12,14-15H,5-7,9-11H2,1-2H3,(H,22,24)(H,25,26)/t14-,15-/m0/s1. The van der Waals surface area contributed by atoms with Crippen molar-refractivity contribution in [1.82, 2.24) is 15.2 Å². The van der Waals surface area contributed by atoms with Gasteiger partial charge in [0.2, 0.25) is 11.8 Å². The third kappa shape index (κ3) is 4.67. The monoisotopic (exact) mass is 379 g/mol. The SMILES string of the molecule is CC(C)(COc1ncccc1C1CC1)C(=O)N[C@H]1CCN(C(=O)O)C[C@@H]1F. The fourth-order valence-corrected chi connectivity index (χ4v) is 3.15. The molecule has 2 atom stereocenters. The van der Waals surface area contributed by atoms with Gasteiger partial charge in [0.15, 0.2) is 0 Å². The first kappa shape index (κ1) is 19.4. The molecule has 8 heteroatoms. The lowest BCUT2D eigenvalue weighted by molar-refractivity contribution is -0.132. The van der Waals surface area contributed by atoms with Crippen LogP contribution in [0.5, 0.6) is 5.88 Å². The number of carbonyl (C=O) groups excluding carboxylic acids is 1. The molecule has 2 heterocycles. The average Bonchev–Trinajstić information content (AvgIpc) is 3.46. The highest BCUT2D eigenvalue weighted by Gasteiger charge is 2.37. The molecule has 0 aromatic carbocycles. The molecule has 2 aliphatic rings. The number of halogens is 1. The van der Waals surface area contributed by atoms with E-state index in [1.807, 2.05) is 12.1 Å². The quantitative estimate of drug-likeness (QED) is 0.793. The van der Waals surface area contributed by atoms with E-state index >= 15 is 0 Å². The summed E-state index contributed by atoms with van der Waals surface area (Å²) in [6.45, 7) is 3.58. The van der Waals surface area contributed by atoms with E-state index in [9.17, 15) is 14.0 Å². The number of nitrogens with zero attached hydrogens (tertiary/aromatic N) is 2. The first-order chi connectivity index (χ1) is 12.8. The summed E-state index contributed by atoms with van der Waals surface area (Å²) in [6, 6.07) is 3.18. The Bertz CT molecular complexity index is 708. The lowest BCUT2D eigenvalue weighted by atomic mass is 9.92. The number of hydrogen-bond acceptors (Lipinski definition) is 4. The zero-order chi connectivity index (χ0) is 19.6. The van der Waals surface area contributed by atoms with E-state index in [0.717, 1.165) is 23.3 Å². The van der Waals surface area contributed by atoms with Gasteiger partial charge in [-0.25, -0.2) is 14.2 Å². The molecule has 1 saturated carbocycles. The molecule has 1 aliphatic carbocycles. The molecule has 0 unspecified atom stereocenters. The number of rotatable bonds is 6. The third-order valence-corrected chi connectivity index (χ3v) is 5.13. The zero-order valence-corrected chi connectivity index (χ0v) is 15.7. The van der Waals surface area contributed by atoms with Crippen LogP contribution in [0.2, 0.25) is 0 Å². The number of carbonyl (C=O) groups is 2. The summed E-state index contributed by atoms with van der Waals surface area (Å²) in [5.74, 6) is 0.721. The number of nitrogens with one attached hydrogen (secondary N) is 1. The van der Waals surface area contributed by atoms with Crippen LogP contribution in [0.4, 0.5) is 9.18 Å². The Hall–Kier alpha value is -2.38. The predicted molar refractivity (Wildman–Crippen MR) is 96.5 cm³/mol. The zero-order valence-electron chi connectivity index (χ0n) is 15.7. The summed E-state index contributed by atoms with van der Waals surface area (Å²) in [4.78, 5) is 28.9. The van der Waals surface area contributed by atoms with Crippen molar-refractivity contribution in [3.05, 3.63) is 23.9 Å². The molecule has 27 heavy (non-hydrogen) atoms. The minimum absolute atomic E-state index is 0.125. The molecule has 2 N–H and O–H groups in total. The topological polar surface area (TPSA) is 91.8 Å².